The van der Waals surface area contributed by atoms with Crippen LogP contribution in [0.3, 0.4) is 0 Å². The van der Waals surface area contributed by atoms with Gasteiger partial charge in [-0.2, -0.15) is 0 Å². The lowest BCUT2D eigenvalue weighted by Crippen LogP contribution is -2.24. The van der Waals surface area contributed by atoms with E-state index in [1.165, 1.54) is 47.4 Å². The zero-order valence-corrected chi connectivity index (χ0v) is 15.7. The molecule has 0 saturated heterocycles. The maximum atomic E-state index is 12.8. The fraction of sp³-hybridized carbons (Fsp3) is 0.167. The molecule has 0 bridgehead atoms. The van der Waals surface area contributed by atoms with Gasteiger partial charge in [-0.15, -0.1) is 11.3 Å². The highest BCUT2D eigenvalue weighted by atomic mass is 32.2. The molecule has 0 aliphatic carbocycles. The molecule has 27 heavy (non-hydrogen) atoms. The zero-order chi connectivity index (χ0) is 19.1. The molecular formula is C18H16FN3O3S2. The summed E-state index contributed by atoms with van der Waals surface area (Å²) in [6.45, 7) is 0.334. The Kier molecular flexibility index (Phi) is 6.61. The molecule has 2 amide bonds. The number of furan rings is 1. The van der Waals surface area contributed by atoms with E-state index in [-0.39, 0.29) is 29.8 Å². The molecule has 0 saturated carbocycles. The highest BCUT2D eigenvalue weighted by Crippen LogP contribution is 2.23. The molecule has 2 aromatic heterocycles. The second-order valence-electron chi connectivity index (χ2n) is 5.48. The first kappa shape index (κ1) is 19.1. The minimum absolute atomic E-state index is 0.151. The number of halogens is 1. The summed E-state index contributed by atoms with van der Waals surface area (Å²) in [5.41, 5.74) is 1.19. The van der Waals surface area contributed by atoms with E-state index in [1.54, 1.807) is 23.8 Å². The van der Waals surface area contributed by atoms with Crippen molar-refractivity contribution in [3.8, 4) is 0 Å². The minimum atomic E-state index is -0.356. The highest BCUT2D eigenvalue weighted by Gasteiger charge is 2.10. The van der Waals surface area contributed by atoms with E-state index in [9.17, 15) is 14.0 Å². The summed E-state index contributed by atoms with van der Waals surface area (Å²) < 4.78 is 18.7. The fourth-order valence-corrected chi connectivity index (χ4v) is 3.76. The number of benzene rings is 1. The van der Waals surface area contributed by atoms with Crippen LogP contribution in [-0.4, -0.2) is 22.6 Å². The number of carbonyl (C=O) groups is 2. The molecule has 2 heterocycles. The largest absolute Gasteiger partial charge is 0.467 e. The normalized spacial score (nSPS) is 10.6. The quantitative estimate of drug-likeness (QED) is 0.561. The maximum absolute atomic E-state index is 12.8. The molecule has 140 valence electrons. The SMILES string of the molecule is O=C(Cc1csc(SCC(=O)Nc2ccc(F)cc2)n1)NCc1ccco1. The van der Waals surface area contributed by atoms with Crippen molar-refractivity contribution in [1.29, 1.82) is 0 Å². The number of rotatable bonds is 8. The van der Waals surface area contributed by atoms with E-state index in [1.807, 2.05) is 0 Å². The van der Waals surface area contributed by atoms with Crippen LogP contribution in [0.2, 0.25) is 0 Å². The van der Waals surface area contributed by atoms with Crippen molar-refractivity contribution >= 4 is 40.6 Å². The first-order chi connectivity index (χ1) is 13.1. The van der Waals surface area contributed by atoms with Crippen LogP contribution in [0, 0.1) is 5.82 Å². The number of anilines is 1. The van der Waals surface area contributed by atoms with Crippen LogP contribution in [0.1, 0.15) is 11.5 Å². The van der Waals surface area contributed by atoms with E-state index >= 15 is 0 Å². The molecule has 0 atom stereocenters. The lowest BCUT2D eigenvalue weighted by atomic mass is 10.3. The van der Waals surface area contributed by atoms with Gasteiger partial charge in [-0.1, -0.05) is 11.8 Å². The number of hydrogen-bond donors (Lipinski definition) is 2. The van der Waals surface area contributed by atoms with Gasteiger partial charge in [0, 0.05) is 11.1 Å². The van der Waals surface area contributed by atoms with Crippen LogP contribution in [0.15, 0.2) is 56.8 Å². The molecule has 0 unspecified atom stereocenters. The van der Waals surface area contributed by atoms with Crippen molar-refractivity contribution < 1.29 is 18.4 Å². The summed E-state index contributed by atoms with van der Waals surface area (Å²) in [7, 11) is 0. The number of amides is 2. The number of nitrogens with zero attached hydrogens (tertiary/aromatic N) is 1. The molecule has 0 aliphatic rings. The van der Waals surface area contributed by atoms with Crippen LogP contribution >= 0.6 is 23.1 Å². The Hall–Kier alpha value is -2.65. The molecule has 2 N–H and O–H groups in total. The number of thiazole rings is 1. The summed E-state index contributed by atoms with van der Waals surface area (Å²) in [5, 5.41) is 7.24. The number of carbonyl (C=O) groups excluding carboxylic acids is 2. The van der Waals surface area contributed by atoms with Gasteiger partial charge in [0.25, 0.3) is 0 Å². The van der Waals surface area contributed by atoms with Gasteiger partial charge in [-0.25, -0.2) is 9.37 Å². The first-order valence-corrected chi connectivity index (χ1v) is 9.87. The van der Waals surface area contributed by atoms with E-state index in [2.05, 4.69) is 15.6 Å². The molecule has 3 aromatic rings. The first-order valence-electron chi connectivity index (χ1n) is 8.00. The topological polar surface area (TPSA) is 84.2 Å². The van der Waals surface area contributed by atoms with Crippen molar-refractivity contribution in [3.63, 3.8) is 0 Å². The molecule has 3 rings (SSSR count). The second-order valence-corrected chi connectivity index (χ2v) is 7.56. The third-order valence-electron chi connectivity index (χ3n) is 3.37. The predicted molar refractivity (Wildman–Crippen MR) is 102 cm³/mol. The van der Waals surface area contributed by atoms with Crippen molar-refractivity contribution in [1.82, 2.24) is 10.3 Å². The van der Waals surface area contributed by atoms with E-state index in [0.717, 1.165) is 0 Å². The Morgan fingerprint density at radius 1 is 1.19 bits per heavy atom. The molecule has 0 spiro atoms. The van der Waals surface area contributed by atoms with Gasteiger partial charge in [-0.05, 0) is 36.4 Å². The highest BCUT2D eigenvalue weighted by molar-refractivity contribution is 8.01. The molecule has 1 aromatic carbocycles. The maximum Gasteiger partial charge on any atom is 0.234 e. The molecule has 0 fully saturated rings. The third kappa shape index (κ3) is 6.22. The minimum Gasteiger partial charge on any atom is -0.467 e. The average Bonchev–Trinajstić information content (AvgIpc) is 3.32. The fourth-order valence-electron chi connectivity index (χ4n) is 2.12. The standard InChI is InChI=1S/C18H16FN3O3S2/c19-12-3-5-13(6-4-12)21-17(24)11-27-18-22-14(10-26-18)8-16(23)20-9-15-2-1-7-25-15/h1-7,10H,8-9,11H2,(H,20,23)(H,21,24). The molecule has 0 aliphatic heterocycles. The van der Waals surface area contributed by atoms with Crippen LogP contribution in [-0.2, 0) is 22.6 Å². The zero-order valence-electron chi connectivity index (χ0n) is 14.1. The Morgan fingerprint density at radius 3 is 2.74 bits per heavy atom. The number of hydrogen-bond acceptors (Lipinski definition) is 6. The van der Waals surface area contributed by atoms with Gasteiger partial charge < -0.3 is 15.1 Å². The van der Waals surface area contributed by atoms with Crippen LogP contribution in [0.5, 0.6) is 0 Å². The van der Waals surface area contributed by atoms with Gasteiger partial charge in [0.05, 0.1) is 30.7 Å². The third-order valence-corrected chi connectivity index (χ3v) is 5.44. The van der Waals surface area contributed by atoms with E-state index in [0.29, 0.717) is 28.0 Å². The Bertz CT molecular complexity index is 895. The van der Waals surface area contributed by atoms with Crippen molar-refractivity contribution in [2.45, 2.75) is 17.3 Å². The number of nitrogens with one attached hydrogen (secondary N) is 2. The van der Waals surface area contributed by atoms with Crippen LogP contribution in [0.25, 0.3) is 0 Å². The van der Waals surface area contributed by atoms with Gasteiger partial charge in [-0.3, -0.25) is 9.59 Å². The number of thioether (sulfide) groups is 1. The number of aromatic nitrogens is 1. The summed E-state index contributed by atoms with van der Waals surface area (Å²) in [4.78, 5) is 28.2. The predicted octanol–water partition coefficient (Wildman–Crippen LogP) is 3.46. The van der Waals surface area contributed by atoms with Crippen LogP contribution < -0.4 is 10.6 Å². The summed E-state index contributed by atoms with van der Waals surface area (Å²) in [6.07, 6.45) is 1.72. The van der Waals surface area contributed by atoms with Crippen LogP contribution in [0.4, 0.5) is 10.1 Å². The Morgan fingerprint density at radius 2 is 2.00 bits per heavy atom. The van der Waals surface area contributed by atoms with Gasteiger partial charge in [0.15, 0.2) is 4.34 Å². The average molecular weight is 405 g/mol. The lowest BCUT2D eigenvalue weighted by molar-refractivity contribution is -0.120. The summed E-state index contributed by atoms with van der Waals surface area (Å²) in [5.74, 6) is 0.146. The van der Waals surface area contributed by atoms with Crippen molar-refractivity contribution in [3.05, 3.63) is 65.3 Å². The molecule has 9 heteroatoms. The molecule has 6 nitrogen and oxygen atoms in total. The van der Waals surface area contributed by atoms with Gasteiger partial charge in [0.2, 0.25) is 11.8 Å². The second kappa shape index (κ2) is 9.33. The molecular weight excluding hydrogens is 389 g/mol. The van der Waals surface area contributed by atoms with E-state index < -0.39 is 0 Å². The smallest absolute Gasteiger partial charge is 0.234 e. The van der Waals surface area contributed by atoms with Crippen molar-refractivity contribution in [2.24, 2.45) is 0 Å². The van der Waals surface area contributed by atoms with Gasteiger partial charge in [0.1, 0.15) is 11.6 Å². The lowest BCUT2D eigenvalue weighted by Gasteiger charge is -2.03. The van der Waals surface area contributed by atoms with E-state index in [4.69, 9.17) is 4.42 Å². The van der Waals surface area contributed by atoms with Gasteiger partial charge >= 0.3 is 0 Å². The van der Waals surface area contributed by atoms with Crippen molar-refractivity contribution in [2.75, 3.05) is 11.1 Å². The Balaban J connectivity index is 1.41. The summed E-state index contributed by atoms with van der Waals surface area (Å²) >= 11 is 2.67. The summed E-state index contributed by atoms with van der Waals surface area (Å²) in [6, 6.07) is 9.12. The molecule has 0 radical (unpaired) electrons. The monoisotopic (exact) mass is 405 g/mol. The Labute approximate surface area is 163 Å².